The molecular weight excluding hydrogens is 444 g/mol. The fourth-order valence-electron chi connectivity index (χ4n) is 4.57. The lowest BCUT2D eigenvalue weighted by atomic mass is 9.96. The molecule has 4 rings (SSSR count). The predicted molar refractivity (Wildman–Crippen MR) is 136 cm³/mol. The Morgan fingerprint density at radius 2 is 1.77 bits per heavy atom. The van der Waals surface area contributed by atoms with Crippen LogP contribution in [-0.2, 0) is 4.79 Å². The number of ether oxygens (including phenoxy) is 2. The summed E-state index contributed by atoms with van der Waals surface area (Å²) in [6.07, 6.45) is 1.99. The molecule has 0 spiro atoms. The third kappa shape index (κ3) is 4.43. The SMILES string of the molecule is CCNC(=O)N(CC(=O)N1c2ccccc2-n2cccc2C1c1cc(OC)ccc1OC)C(C)C. The van der Waals surface area contributed by atoms with Crippen LogP contribution in [0.2, 0.25) is 0 Å². The first-order chi connectivity index (χ1) is 16.9. The Morgan fingerprint density at radius 3 is 2.43 bits per heavy atom. The first-order valence-corrected chi connectivity index (χ1v) is 11.8. The number of rotatable bonds is 7. The van der Waals surface area contributed by atoms with E-state index in [1.807, 2.05) is 81.6 Å². The van der Waals surface area contributed by atoms with E-state index in [2.05, 4.69) is 9.88 Å². The number of aromatic nitrogens is 1. The summed E-state index contributed by atoms with van der Waals surface area (Å²) in [5.41, 5.74) is 3.37. The number of hydrogen-bond acceptors (Lipinski definition) is 4. The number of para-hydroxylation sites is 2. The Balaban J connectivity index is 1.88. The molecule has 35 heavy (non-hydrogen) atoms. The summed E-state index contributed by atoms with van der Waals surface area (Å²) in [6, 6.07) is 16.4. The number of methoxy groups -OCH3 is 2. The van der Waals surface area contributed by atoms with Crippen LogP contribution in [0.4, 0.5) is 10.5 Å². The summed E-state index contributed by atoms with van der Waals surface area (Å²) in [6.45, 7) is 6.08. The van der Waals surface area contributed by atoms with E-state index in [4.69, 9.17) is 9.47 Å². The van der Waals surface area contributed by atoms with E-state index >= 15 is 0 Å². The highest BCUT2D eigenvalue weighted by Gasteiger charge is 2.38. The highest BCUT2D eigenvalue weighted by Crippen LogP contribution is 2.45. The topological polar surface area (TPSA) is 76.0 Å². The van der Waals surface area contributed by atoms with Crippen LogP contribution < -0.4 is 19.7 Å². The largest absolute Gasteiger partial charge is 0.497 e. The van der Waals surface area contributed by atoms with Crippen molar-refractivity contribution in [2.75, 3.05) is 32.2 Å². The lowest BCUT2D eigenvalue weighted by Crippen LogP contribution is -2.51. The smallest absolute Gasteiger partial charge is 0.318 e. The second-order valence-corrected chi connectivity index (χ2v) is 8.62. The molecule has 0 bridgehead atoms. The van der Waals surface area contributed by atoms with Gasteiger partial charge in [0.1, 0.15) is 24.1 Å². The number of benzene rings is 2. The molecule has 0 aliphatic carbocycles. The number of hydrogen-bond donors (Lipinski definition) is 1. The van der Waals surface area contributed by atoms with Gasteiger partial charge in [0.15, 0.2) is 0 Å². The van der Waals surface area contributed by atoms with Gasteiger partial charge < -0.3 is 24.3 Å². The monoisotopic (exact) mass is 476 g/mol. The van der Waals surface area contributed by atoms with Crippen LogP contribution in [0, 0.1) is 0 Å². The molecule has 0 saturated carbocycles. The second kappa shape index (κ2) is 10.1. The van der Waals surface area contributed by atoms with E-state index in [1.165, 1.54) is 0 Å². The van der Waals surface area contributed by atoms with E-state index in [9.17, 15) is 9.59 Å². The minimum Gasteiger partial charge on any atom is -0.497 e. The van der Waals surface area contributed by atoms with Gasteiger partial charge in [0.2, 0.25) is 5.91 Å². The van der Waals surface area contributed by atoms with Gasteiger partial charge in [-0.15, -0.1) is 0 Å². The molecule has 1 aliphatic rings. The van der Waals surface area contributed by atoms with Crippen LogP contribution in [0.3, 0.4) is 0 Å². The van der Waals surface area contributed by atoms with Crippen molar-refractivity contribution < 1.29 is 19.1 Å². The fourth-order valence-corrected chi connectivity index (χ4v) is 4.57. The molecule has 1 unspecified atom stereocenters. The molecule has 0 saturated heterocycles. The number of fused-ring (bicyclic) bond motifs is 3. The van der Waals surface area contributed by atoms with E-state index in [0.29, 0.717) is 18.0 Å². The molecule has 3 aromatic rings. The van der Waals surface area contributed by atoms with Crippen LogP contribution in [0.5, 0.6) is 11.5 Å². The first-order valence-electron chi connectivity index (χ1n) is 11.8. The van der Waals surface area contributed by atoms with Crippen molar-refractivity contribution in [3.05, 3.63) is 72.1 Å². The summed E-state index contributed by atoms with van der Waals surface area (Å²) in [4.78, 5) is 30.2. The number of anilines is 1. The zero-order valence-corrected chi connectivity index (χ0v) is 20.8. The molecule has 3 amide bonds. The van der Waals surface area contributed by atoms with Crippen molar-refractivity contribution >= 4 is 17.6 Å². The molecular formula is C27H32N4O4. The number of carbonyl (C=O) groups is 2. The predicted octanol–water partition coefficient (Wildman–Crippen LogP) is 4.37. The zero-order valence-electron chi connectivity index (χ0n) is 20.8. The first kappa shape index (κ1) is 24.2. The summed E-state index contributed by atoms with van der Waals surface area (Å²) < 4.78 is 13.3. The number of urea groups is 1. The number of nitrogens with one attached hydrogen (secondary N) is 1. The standard InChI is InChI=1S/C27H32N4O4/c1-6-28-27(33)30(18(2)3)17-25(32)31-22-11-8-7-10-21(22)29-15-9-12-23(29)26(31)20-16-19(34-4)13-14-24(20)35-5/h7-16,18,26H,6,17H2,1-5H3,(H,28,33). The van der Waals surface area contributed by atoms with Gasteiger partial charge in [0, 0.05) is 24.3 Å². The van der Waals surface area contributed by atoms with Gasteiger partial charge in [-0.2, -0.15) is 0 Å². The minimum atomic E-state index is -0.485. The van der Waals surface area contributed by atoms with Gasteiger partial charge >= 0.3 is 6.03 Å². The summed E-state index contributed by atoms with van der Waals surface area (Å²) >= 11 is 0. The number of nitrogens with zero attached hydrogens (tertiary/aromatic N) is 3. The summed E-state index contributed by atoms with van der Waals surface area (Å²) in [5.74, 6) is 1.11. The second-order valence-electron chi connectivity index (χ2n) is 8.62. The minimum absolute atomic E-state index is 0.0681. The molecule has 184 valence electrons. The molecule has 1 atom stereocenters. The maximum absolute atomic E-state index is 14.1. The Hall–Kier alpha value is -3.94. The molecule has 2 heterocycles. The molecule has 8 nitrogen and oxygen atoms in total. The average molecular weight is 477 g/mol. The van der Waals surface area contributed by atoms with E-state index in [1.54, 1.807) is 24.0 Å². The van der Waals surface area contributed by atoms with Crippen LogP contribution >= 0.6 is 0 Å². The van der Waals surface area contributed by atoms with Gasteiger partial charge in [-0.25, -0.2) is 4.79 Å². The quantitative estimate of drug-likeness (QED) is 0.549. The Bertz CT molecular complexity index is 1220. The van der Waals surface area contributed by atoms with Crippen molar-refractivity contribution in [3.8, 4) is 17.2 Å². The summed E-state index contributed by atoms with van der Waals surface area (Å²) in [7, 11) is 3.23. The molecule has 1 aromatic heterocycles. The maximum atomic E-state index is 14.1. The van der Waals surface area contributed by atoms with E-state index < -0.39 is 6.04 Å². The molecule has 0 fully saturated rings. The van der Waals surface area contributed by atoms with E-state index in [-0.39, 0.29) is 24.5 Å². The third-order valence-electron chi connectivity index (χ3n) is 6.24. The van der Waals surface area contributed by atoms with Gasteiger partial charge in [-0.3, -0.25) is 9.69 Å². The van der Waals surface area contributed by atoms with Gasteiger partial charge in [0.25, 0.3) is 0 Å². The van der Waals surface area contributed by atoms with Gasteiger partial charge in [0.05, 0.1) is 31.3 Å². The summed E-state index contributed by atoms with van der Waals surface area (Å²) in [5, 5.41) is 2.82. The van der Waals surface area contributed by atoms with Crippen molar-refractivity contribution in [2.24, 2.45) is 0 Å². The van der Waals surface area contributed by atoms with Crippen LogP contribution in [-0.4, -0.2) is 54.8 Å². The van der Waals surface area contributed by atoms with Crippen molar-refractivity contribution in [2.45, 2.75) is 32.9 Å². The number of carbonyl (C=O) groups excluding carboxylic acids is 2. The Labute approximate surface area is 206 Å². The lowest BCUT2D eigenvalue weighted by molar-refractivity contribution is -0.120. The van der Waals surface area contributed by atoms with Crippen molar-refractivity contribution in [1.82, 2.24) is 14.8 Å². The normalized spacial score (nSPS) is 14.2. The fraction of sp³-hybridized carbons (Fsp3) is 0.333. The van der Waals surface area contributed by atoms with Crippen molar-refractivity contribution in [3.63, 3.8) is 0 Å². The van der Waals surface area contributed by atoms with Crippen LogP contribution in [0.25, 0.3) is 5.69 Å². The molecule has 8 heteroatoms. The zero-order chi connectivity index (χ0) is 25.1. The van der Waals surface area contributed by atoms with Crippen LogP contribution in [0.15, 0.2) is 60.8 Å². The maximum Gasteiger partial charge on any atom is 0.318 e. The highest BCUT2D eigenvalue weighted by atomic mass is 16.5. The Kier molecular flexibility index (Phi) is 7.00. The third-order valence-corrected chi connectivity index (χ3v) is 6.24. The average Bonchev–Trinajstić information content (AvgIpc) is 3.35. The highest BCUT2D eigenvalue weighted by molar-refractivity contribution is 6.00. The Morgan fingerprint density at radius 1 is 1.03 bits per heavy atom. The molecule has 0 radical (unpaired) electrons. The number of amides is 3. The molecule has 1 aliphatic heterocycles. The van der Waals surface area contributed by atoms with Crippen LogP contribution in [0.1, 0.15) is 38.1 Å². The van der Waals surface area contributed by atoms with Crippen molar-refractivity contribution in [1.29, 1.82) is 0 Å². The van der Waals surface area contributed by atoms with Gasteiger partial charge in [-0.05, 0) is 63.2 Å². The van der Waals surface area contributed by atoms with E-state index in [0.717, 1.165) is 22.6 Å². The molecule has 2 aromatic carbocycles. The lowest BCUT2D eigenvalue weighted by Gasteiger charge is -2.40. The van der Waals surface area contributed by atoms with Gasteiger partial charge in [-0.1, -0.05) is 12.1 Å². The molecule has 1 N–H and O–H groups in total.